The maximum Gasteiger partial charge on any atom is 0.298 e. The van der Waals surface area contributed by atoms with Crippen LogP contribution in [0.5, 0.6) is 0 Å². The normalized spacial score (nSPS) is 15.3. The van der Waals surface area contributed by atoms with Gasteiger partial charge in [-0.3, -0.25) is 19.7 Å². The summed E-state index contributed by atoms with van der Waals surface area (Å²) in [5, 5.41) is 10.8. The van der Waals surface area contributed by atoms with E-state index in [2.05, 4.69) is 0 Å². The van der Waals surface area contributed by atoms with E-state index >= 15 is 0 Å². The lowest BCUT2D eigenvalue weighted by Crippen LogP contribution is -2.27. The highest BCUT2D eigenvalue weighted by atomic mass is 35.5. The molecular weight excluding hydrogens is 451 g/mol. The maximum atomic E-state index is 12.7. The number of para-hydroxylation sites is 1. The molecule has 1 fully saturated rings. The van der Waals surface area contributed by atoms with E-state index in [1.165, 1.54) is 18.2 Å². The Morgan fingerprint density at radius 3 is 2.47 bits per heavy atom. The van der Waals surface area contributed by atoms with Crippen LogP contribution in [-0.2, 0) is 4.79 Å². The summed E-state index contributed by atoms with van der Waals surface area (Å²) in [5.41, 5.74) is 0.451. The highest BCUT2D eigenvalue weighted by molar-refractivity contribution is 8.19. The van der Waals surface area contributed by atoms with Crippen molar-refractivity contribution in [1.29, 1.82) is 0 Å². The number of nitro benzene ring substituents is 1. The van der Waals surface area contributed by atoms with Gasteiger partial charge in [-0.25, -0.2) is 4.90 Å². The highest BCUT2D eigenvalue weighted by Gasteiger charge is 2.36. The summed E-state index contributed by atoms with van der Waals surface area (Å²) in [6, 6.07) is 14.2. The number of rotatable bonds is 4. The molecule has 1 aliphatic heterocycles. The second-order valence-electron chi connectivity index (χ2n) is 6.10. The third-order valence-corrected chi connectivity index (χ3v) is 5.69. The van der Waals surface area contributed by atoms with Crippen LogP contribution in [0.3, 0.4) is 0 Å². The molecule has 2 amide bonds. The number of nitro groups is 1. The number of benzene rings is 2. The van der Waals surface area contributed by atoms with E-state index in [0.29, 0.717) is 5.69 Å². The van der Waals surface area contributed by atoms with Gasteiger partial charge in [-0.1, -0.05) is 41.4 Å². The molecule has 0 aliphatic carbocycles. The largest absolute Gasteiger partial charge is 0.457 e. The zero-order valence-corrected chi connectivity index (χ0v) is 17.2. The van der Waals surface area contributed by atoms with Crippen molar-refractivity contribution in [1.82, 2.24) is 0 Å². The number of amides is 2. The molecule has 1 aromatic heterocycles. The molecular formula is C20H10Cl2N2O5S. The Kier molecular flexibility index (Phi) is 5.38. The first-order valence-electron chi connectivity index (χ1n) is 8.42. The van der Waals surface area contributed by atoms with Crippen LogP contribution >= 0.6 is 35.0 Å². The van der Waals surface area contributed by atoms with Gasteiger partial charge in [0.05, 0.1) is 20.5 Å². The van der Waals surface area contributed by atoms with Crippen LogP contribution in [0.1, 0.15) is 5.76 Å². The quantitative estimate of drug-likeness (QED) is 0.254. The second kappa shape index (κ2) is 7.98. The van der Waals surface area contributed by atoms with Crippen molar-refractivity contribution in [3.05, 3.63) is 85.4 Å². The van der Waals surface area contributed by atoms with Crippen molar-refractivity contribution >= 4 is 63.6 Å². The molecule has 10 heteroatoms. The zero-order valence-electron chi connectivity index (χ0n) is 14.9. The fraction of sp³-hybridized carbons (Fsp3) is 0. The van der Waals surface area contributed by atoms with Crippen molar-refractivity contribution in [2.45, 2.75) is 0 Å². The van der Waals surface area contributed by atoms with E-state index in [0.717, 1.165) is 16.7 Å². The Labute approximate surface area is 184 Å². The molecule has 2 aromatic carbocycles. The second-order valence-corrected chi connectivity index (χ2v) is 7.90. The fourth-order valence-electron chi connectivity index (χ4n) is 2.84. The Balaban J connectivity index is 1.65. The molecule has 4 rings (SSSR count). The van der Waals surface area contributed by atoms with E-state index in [1.807, 2.05) is 0 Å². The molecule has 2 heterocycles. The van der Waals surface area contributed by atoms with E-state index in [4.69, 9.17) is 27.6 Å². The van der Waals surface area contributed by atoms with Crippen LogP contribution in [0.2, 0.25) is 10.0 Å². The van der Waals surface area contributed by atoms with Crippen LogP contribution < -0.4 is 4.90 Å². The molecule has 0 atom stereocenters. The van der Waals surface area contributed by atoms with Gasteiger partial charge < -0.3 is 4.42 Å². The lowest BCUT2D eigenvalue weighted by atomic mass is 10.1. The Morgan fingerprint density at radius 1 is 1.03 bits per heavy atom. The van der Waals surface area contributed by atoms with Gasteiger partial charge in [-0.2, -0.15) is 0 Å². The van der Waals surface area contributed by atoms with Gasteiger partial charge in [0.15, 0.2) is 0 Å². The van der Waals surface area contributed by atoms with E-state index < -0.39 is 16.1 Å². The molecule has 30 heavy (non-hydrogen) atoms. The Morgan fingerprint density at radius 2 is 1.77 bits per heavy atom. The lowest BCUT2D eigenvalue weighted by molar-refractivity contribution is -0.384. The van der Waals surface area contributed by atoms with E-state index in [1.54, 1.807) is 42.5 Å². The summed E-state index contributed by atoms with van der Waals surface area (Å²) in [4.78, 5) is 36.7. The summed E-state index contributed by atoms with van der Waals surface area (Å²) >= 11 is 12.8. The van der Waals surface area contributed by atoms with Gasteiger partial charge >= 0.3 is 0 Å². The van der Waals surface area contributed by atoms with Crippen molar-refractivity contribution in [3.63, 3.8) is 0 Å². The van der Waals surface area contributed by atoms with Crippen molar-refractivity contribution in [2.24, 2.45) is 0 Å². The van der Waals surface area contributed by atoms with Crippen molar-refractivity contribution < 1.29 is 18.9 Å². The number of nitrogens with zero attached hydrogens (tertiary/aromatic N) is 2. The topological polar surface area (TPSA) is 93.7 Å². The number of thioether (sulfide) groups is 1. The number of halogens is 2. The van der Waals surface area contributed by atoms with Gasteiger partial charge in [0.25, 0.3) is 16.8 Å². The minimum Gasteiger partial charge on any atom is -0.457 e. The average Bonchev–Trinajstić information content (AvgIpc) is 3.27. The van der Waals surface area contributed by atoms with Crippen LogP contribution in [0, 0.1) is 10.1 Å². The third kappa shape index (κ3) is 3.72. The first kappa shape index (κ1) is 20.2. The SMILES string of the molecule is O=C1S/C(=C\c2ccc(-c3cc([N+](=O)[O-])c(Cl)cc3Cl)o2)C(=O)N1c1ccccc1. The molecule has 3 aromatic rings. The molecule has 1 saturated heterocycles. The number of carbonyl (C=O) groups is 2. The number of hydrogen-bond donors (Lipinski definition) is 0. The summed E-state index contributed by atoms with van der Waals surface area (Å²) in [5.74, 6) is 0.0832. The highest BCUT2D eigenvalue weighted by Crippen LogP contribution is 2.39. The van der Waals surface area contributed by atoms with E-state index in [9.17, 15) is 19.7 Å². The molecule has 150 valence electrons. The number of hydrogen-bond acceptors (Lipinski definition) is 6. The van der Waals surface area contributed by atoms with Gasteiger partial charge in [0, 0.05) is 17.7 Å². The average molecular weight is 461 g/mol. The third-order valence-electron chi connectivity index (χ3n) is 4.21. The lowest BCUT2D eigenvalue weighted by Gasteiger charge is -2.11. The maximum absolute atomic E-state index is 12.7. The Bertz CT molecular complexity index is 1220. The number of furan rings is 1. The van der Waals surface area contributed by atoms with Crippen LogP contribution in [0.4, 0.5) is 16.2 Å². The minimum absolute atomic E-state index is 0.0879. The molecule has 0 saturated carbocycles. The fourth-order valence-corrected chi connectivity index (χ4v) is 4.20. The predicted octanol–water partition coefficient (Wildman–Crippen LogP) is 6.40. The van der Waals surface area contributed by atoms with Crippen molar-refractivity contribution in [2.75, 3.05) is 4.90 Å². The molecule has 0 N–H and O–H groups in total. The summed E-state index contributed by atoms with van der Waals surface area (Å²) in [7, 11) is 0. The number of imide groups is 1. The minimum atomic E-state index is -0.619. The molecule has 0 bridgehead atoms. The molecule has 7 nitrogen and oxygen atoms in total. The summed E-state index contributed by atoms with van der Waals surface area (Å²) in [6.07, 6.45) is 1.44. The standard InChI is InChI=1S/C20H10Cl2N2O5S/c21-14-10-15(22)16(24(27)28)9-13(14)17-7-6-12(29-17)8-18-19(25)23(20(26)30-18)11-4-2-1-3-5-11/h1-10H/b18-8-. The first-order valence-corrected chi connectivity index (χ1v) is 9.99. The summed E-state index contributed by atoms with van der Waals surface area (Å²) in [6.45, 7) is 0. The number of carbonyl (C=O) groups excluding carboxylic acids is 2. The predicted molar refractivity (Wildman–Crippen MR) is 116 cm³/mol. The smallest absolute Gasteiger partial charge is 0.298 e. The molecule has 1 aliphatic rings. The molecule has 0 spiro atoms. The summed E-state index contributed by atoms with van der Waals surface area (Å²) < 4.78 is 5.69. The molecule has 0 unspecified atom stereocenters. The van der Waals surface area contributed by atoms with Gasteiger partial charge in [-0.15, -0.1) is 0 Å². The van der Waals surface area contributed by atoms with Crippen LogP contribution in [-0.4, -0.2) is 16.1 Å². The zero-order chi connectivity index (χ0) is 21.4. The number of anilines is 1. The first-order chi connectivity index (χ1) is 14.3. The Hall–Kier alpha value is -3.07. The van der Waals surface area contributed by atoms with E-state index in [-0.39, 0.29) is 37.7 Å². The van der Waals surface area contributed by atoms with Crippen molar-refractivity contribution in [3.8, 4) is 11.3 Å². The van der Waals surface area contributed by atoms with Crippen LogP contribution in [0.15, 0.2) is 63.9 Å². The monoisotopic (exact) mass is 460 g/mol. The molecule has 0 radical (unpaired) electrons. The van der Waals surface area contributed by atoms with Gasteiger partial charge in [0.1, 0.15) is 16.5 Å². The van der Waals surface area contributed by atoms with Gasteiger partial charge in [0.2, 0.25) is 0 Å². The van der Waals surface area contributed by atoms with Crippen LogP contribution in [0.25, 0.3) is 17.4 Å². The van der Waals surface area contributed by atoms with Gasteiger partial charge in [-0.05, 0) is 42.1 Å².